The van der Waals surface area contributed by atoms with Gasteiger partial charge in [0.15, 0.2) is 0 Å². The van der Waals surface area contributed by atoms with Gasteiger partial charge in [0.2, 0.25) is 0 Å². The van der Waals surface area contributed by atoms with Gasteiger partial charge in [-0.15, -0.1) is 0 Å². The lowest BCUT2D eigenvalue weighted by atomic mass is 10.0. The monoisotopic (exact) mass is 209 g/mol. The van der Waals surface area contributed by atoms with Gasteiger partial charge in [0, 0.05) is 6.20 Å². The van der Waals surface area contributed by atoms with Crippen LogP contribution in [0.5, 0.6) is 0 Å². The van der Waals surface area contributed by atoms with Crippen LogP contribution in [0.4, 0.5) is 5.82 Å². The molecule has 78 valence electrons. The van der Waals surface area contributed by atoms with Crippen molar-refractivity contribution in [3.05, 3.63) is 59.3 Å². The molecule has 0 unspecified atom stereocenters. The minimum atomic E-state index is 0.523. The van der Waals surface area contributed by atoms with Crippen LogP contribution in [-0.4, -0.2) is 4.98 Å². The van der Waals surface area contributed by atoms with Crippen molar-refractivity contribution in [3.63, 3.8) is 0 Å². The van der Waals surface area contributed by atoms with Gasteiger partial charge in [-0.1, -0.05) is 18.2 Å². The maximum absolute atomic E-state index is 8.79. The molecule has 0 radical (unpaired) electrons. The van der Waals surface area contributed by atoms with Gasteiger partial charge in [0.05, 0.1) is 11.6 Å². The largest absolute Gasteiger partial charge is 0.384 e. The summed E-state index contributed by atoms with van der Waals surface area (Å²) in [5.74, 6) is 0.523. The van der Waals surface area contributed by atoms with Crippen molar-refractivity contribution < 1.29 is 0 Å². The average molecular weight is 209 g/mol. The molecule has 2 N–H and O–H groups in total. The second-order valence-electron chi connectivity index (χ2n) is 3.58. The van der Waals surface area contributed by atoms with E-state index in [9.17, 15) is 0 Å². The summed E-state index contributed by atoms with van der Waals surface area (Å²) < 4.78 is 0. The first kappa shape index (κ1) is 10.2. The SMILES string of the molecule is N#Cc1cccc(Cc2ccc(N)nc2)c1. The zero-order chi connectivity index (χ0) is 11.4. The molecule has 0 bridgehead atoms. The number of nitrogen functional groups attached to an aromatic ring is 1. The number of benzene rings is 1. The third kappa shape index (κ3) is 2.37. The predicted molar refractivity (Wildman–Crippen MR) is 62.6 cm³/mol. The molecule has 0 fully saturated rings. The Kier molecular flexibility index (Phi) is 2.84. The van der Waals surface area contributed by atoms with Crippen LogP contribution >= 0.6 is 0 Å². The number of hydrogen-bond acceptors (Lipinski definition) is 3. The van der Waals surface area contributed by atoms with Gasteiger partial charge in [0.25, 0.3) is 0 Å². The van der Waals surface area contributed by atoms with E-state index in [2.05, 4.69) is 11.1 Å². The van der Waals surface area contributed by atoms with E-state index >= 15 is 0 Å². The Labute approximate surface area is 94.2 Å². The standard InChI is InChI=1S/C13H11N3/c14-8-11-3-1-2-10(6-11)7-12-4-5-13(15)16-9-12/h1-6,9H,7H2,(H2,15,16). The van der Waals surface area contributed by atoms with E-state index in [4.69, 9.17) is 11.0 Å². The first-order chi connectivity index (χ1) is 7.78. The highest BCUT2D eigenvalue weighted by molar-refractivity contribution is 5.36. The van der Waals surface area contributed by atoms with Crippen LogP contribution in [0.3, 0.4) is 0 Å². The Morgan fingerprint density at radius 1 is 1.19 bits per heavy atom. The second-order valence-corrected chi connectivity index (χ2v) is 3.58. The summed E-state index contributed by atoms with van der Waals surface area (Å²) in [6.45, 7) is 0. The fourth-order valence-corrected chi connectivity index (χ4v) is 1.53. The molecule has 3 nitrogen and oxygen atoms in total. The Morgan fingerprint density at radius 3 is 2.75 bits per heavy atom. The van der Waals surface area contributed by atoms with Gasteiger partial charge in [-0.2, -0.15) is 5.26 Å². The highest BCUT2D eigenvalue weighted by atomic mass is 14.8. The van der Waals surface area contributed by atoms with Gasteiger partial charge < -0.3 is 5.73 Å². The summed E-state index contributed by atoms with van der Waals surface area (Å²) in [5, 5.41) is 8.79. The van der Waals surface area contributed by atoms with E-state index in [1.807, 2.05) is 24.3 Å². The van der Waals surface area contributed by atoms with Crippen LogP contribution in [0.25, 0.3) is 0 Å². The van der Waals surface area contributed by atoms with E-state index < -0.39 is 0 Å². The van der Waals surface area contributed by atoms with Crippen molar-refractivity contribution in [2.75, 3.05) is 5.73 Å². The van der Waals surface area contributed by atoms with Gasteiger partial charge in [-0.25, -0.2) is 4.98 Å². The number of hydrogen-bond donors (Lipinski definition) is 1. The molecule has 0 saturated carbocycles. The highest BCUT2D eigenvalue weighted by Crippen LogP contribution is 2.11. The van der Waals surface area contributed by atoms with E-state index in [0.717, 1.165) is 17.5 Å². The summed E-state index contributed by atoms with van der Waals surface area (Å²) in [4.78, 5) is 4.03. The van der Waals surface area contributed by atoms with Crippen LogP contribution in [-0.2, 0) is 6.42 Å². The molecule has 0 atom stereocenters. The van der Waals surface area contributed by atoms with Gasteiger partial charge in [0.1, 0.15) is 5.82 Å². The minimum Gasteiger partial charge on any atom is -0.384 e. The molecular formula is C13H11N3. The van der Waals surface area contributed by atoms with E-state index in [1.165, 1.54) is 0 Å². The number of anilines is 1. The Bertz CT molecular complexity index is 524. The lowest BCUT2D eigenvalue weighted by Crippen LogP contribution is -1.93. The molecule has 2 rings (SSSR count). The van der Waals surface area contributed by atoms with Crippen molar-refractivity contribution >= 4 is 5.82 Å². The summed E-state index contributed by atoms with van der Waals surface area (Å²) in [5.41, 5.74) is 8.38. The van der Waals surface area contributed by atoms with Crippen LogP contribution in [0, 0.1) is 11.3 Å². The van der Waals surface area contributed by atoms with E-state index in [1.54, 1.807) is 18.3 Å². The molecule has 16 heavy (non-hydrogen) atoms. The van der Waals surface area contributed by atoms with Crippen molar-refractivity contribution in [1.29, 1.82) is 5.26 Å². The van der Waals surface area contributed by atoms with E-state index in [0.29, 0.717) is 11.4 Å². The predicted octanol–water partition coefficient (Wildman–Crippen LogP) is 2.13. The molecule has 2 aromatic rings. The highest BCUT2D eigenvalue weighted by Gasteiger charge is 1.98. The number of nitriles is 1. The molecule has 1 aromatic carbocycles. The molecule has 0 spiro atoms. The number of nitrogens with zero attached hydrogens (tertiary/aromatic N) is 2. The maximum Gasteiger partial charge on any atom is 0.123 e. The molecule has 3 heteroatoms. The molecule has 0 amide bonds. The third-order valence-corrected chi connectivity index (χ3v) is 2.31. The van der Waals surface area contributed by atoms with Crippen molar-refractivity contribution in [1.82, 2.24) is 4.98 Å². The maximum atomic E-state index is 8.79. The molecule has 0 aliphatic rings. The van der Waals surface area contributed by atoms with Crippen LogP contribution in [0.1, 0.15) is 16.7 Å². The normalized spacial score (nSPS) is 9.69. The number of aromatic nitrogens is 1. The fraction of sp³-hybridized carbons (Fsp3) is 0.0769. The topological polar surface area (TPSA) is 62.7 Å². The first-order valence-corrected chi connectivity index (χ1v) is 4.97. The van der Waals surface area contributed by atoms with Gasteiger partial charge in [-0.05, 0) is 35.7 Å². The molecule has 0 saturated heterocycles. The summed E-state index contributed by atoms with van der Waals surface area (Å²) in [6, 6.07) is 13.4. The summed E-state index contributed by atoms with van der Waals surface area (Å²) in [7, 11) is 0. The van der Waals surface area contributed by atoms with E-state index in [-0.39, 0.29) is 0 Å². The Morgan fingerprint density at radius 2 is 2.06 bits per heavy atom. The zero-order valence-electron chi connectivity index (χ0n) is 8.72. The van der Waals surface area contributed by atoms with Crippen molar-refractivity contribution in [3.8, 4) is 6.07 Å². The average Bonchev–Trinajstić information content (AvgIpc) is 2.32. The molecule has 1 heterocycles. The number of nitrogens with two attached hydrogens (primary N) is 1. The van der Waals surface area contributed by atoms with Crippen LogP contribution in [0.2, 0.25) is 0 Å². The second kappa shape index (κ2) is 4.45. The van der Waals surface area contributed by atoms with Gasteiger partial charge >= 0.3 is 0 Å². The minimum absolute atomic E-state index is 0.523. The lowest BCUT2D eigenvalue weighted by Gasteiger charge is -2.02. The quantitative estimate of drug-likeness (QED) is 0.824. The molecule has 0 aliphatic carbocycles. The summed E-state index contributed by atoms with van der Waals surface area (Å²) in [6.07, 6.45) is 2.52. The van der Waals surface area contributed by atoms with Crippen molar-refractivity contribution in [2.45, 2.75) is 6.42 Å². The number of pyridine rings is 1. The molecular weight excluding hydrogens is 198 g/mol. The van der Waals surface area contributed by atoms with Crippen molar-refractivity contribution in [2.24, 2.45) is 0 Å². The van der Waals surface area contributed by atoms with Crippen LogP contribution in [0.15, 0.2) is 42.6 Å². The Balaban J connectivity index is 2.21. The summed E-state index contributed by atoms with van der Waals surface area (Å²) >= 11 is 0. The lowest BCUT2D eigenvalue weighted by molar-refractivity contribution is 1.15. The molecule has 1 aromatic heterocycles. The smallest absolute Gasteiger partial charge is 0.123 e. The number of rotatable bonds is 2. The first-order valence-electron chi connectivity index (χ1n) is 4.97. The molecule has 0 aliphatic heterocycles. The van der Waals surface area contributed by atoms with Gasteiger partial charge in [-0.3, -0.25) is 0 Å². The fourth-order valence-electron chi connectivity index (χ4n) is 1.53. The van der Waals surface area contributed by atoms with Crippen LogP contribution < -0.4 is 5.73 Å². The zero-order valence-corrected chi connectivity index (χ0v) is 8.72. The Hall–Kier alpha value is -2.34. The third-order valence-electron chi connectivity index (χ3n) is 2.31.